The van der Waals surface area contributed by atoms with Gasteiger partial charge in [-0.3, -0.25) is 9.69 Å². The number of piperazine rings is 1. The fourth-order valence-corrected chi connectivity index (χ4v) is 3.84. The van der Waals surface area contributed by atoms with Crippen LogP contribution in [0, 0.1) is 17.1 Å². The summed E-state index contributed by atoms with van der Waals surface area (Å²) in [6.07, 6.45) is 0. The van der Waals surface area contributed by atoms with Gasteiger partial charge in [-0.05, 0) is 42.0 Å². The van der Waals surface area contributed by atoms with Crippen LogP contribution in [0.5, 0.6) is 0 Å². The van der Waals surface area contributed by atoms with E-state index in [1.165, 1.54) is 12.1 Å². The Hall–Kier alpha value is -3.14. The van der Waals surface area contributed by atoms with E-state index in [9.17, 15) is 14.4 Å². The lowest BCUT2D eigenvalue weighted by molar-refractivity contribution is 0.0577. The van der Waals surface area contributed by atoms with Crippen LogP contribution in [0.1, 0.15) is 22.2 Å². The number of nitrogens with zero attached hydrogens (tertiary/aromatic N) is 3. The van der Waals surface area contributed by atoms with Crippen molar-refractivity contribution in [1.29, 1.82) is 5.26 Å². The second-order valence-electron chi connectivity index (χ2n) is 7.06. The molecular formula is C23H19ClFN3O2. The van der Waals surface area contributed by atoms with E-state index < -0.39 is 6.04 Å². The van der Waals surface area contributed by atoms with Gasteiger partial charge in [0.2, 0.25) is 0 Å². The molecule has 1 saturated heterocycles. The number of benzene rings is 2. The molecule has 2 heterocycles. The third kappa shape index (κ3) is 4.09. The van der Waals surface area contributed by atoms with Crippen molar-refractivity contribution in [3.63, 3.8) is 0 Å². The largest absolute Gasteiger partial charge is 0.451 e. The fourth-order valence-electron chi connectivity index (χ4n) is 3.61. The Labute approximate surface area is 178 Å². The predicted octanol–water partition coefficient (Wildman–Crippen LogP) is 4.76. The SMILES string of the molecule is N#CC(c1ccc(F)cc1)N1CCN(C(=O)c2ccc(-c3ccccc3Cl)o2)CC1. The first-order valence-corrected chi connectivity index (χ1v) is 9.98. The summed E-state index contributed by atoms with van der Waals surface area (Å²) < 4.78 is 18.9. The maximum Gasteiger partial charge on any atom is 0.289 e. The molecule has 1 atom stereocenters. The van der Waals surface area contributed by atoms with E-state index in [4.69, 9.17) is 16.0 Å². The van der Waals surface area contributed by atoms with Crippen LogP contribution < -0.4 is 0 Å². The third-order valence-electron chi connectivity index (χ3n) is 5.23. The molecule has 30 heavy (non-hydrogen) atoms. The molecule has 1 aliphatic heterocycles. The molecule has 7 heteroatoms. The molecule has 0 aliphatic carbocycles. The van der Waals surface area contributed by atoms with E-state index >= 15 is 0 Å². The summed E-state index contributed by atoms with van der Waals surface area (Å²) in [5.41, 5.74) is 1.48. The minimum absolute atomic E-state index is 0.191. The zero-order chi connectivity index (χ0) is 21.1. The van der Waals surface area contributed by atoms with Crippen LogP contribution in [-0.4, -0.2) is 41.9 Å². The smallest absolute Gasteiger partial charge is 0.289 e. The number of hydrogen-bond acceptors (Lipinski definition) is 4. The molecule has 1 unspecified atom stereocenters. The van der Waals surface area contributed by atoms with Crippen molar-refractivity contribution in [1.82, 2.24) is 9.80 Å². The molecule has 152 valence electrons. The van der Waals surface area contributed by atoms with E-state index in [2.05, 4.69) is 6.07 Å². The zero-order valence-electron chi connectivity index (χ0n) is 16.1. The molecule has 0 saturated carbocycles. The number of carbonyl (C=O) groups excluding carboxylic acids is 1. The third-order valence-corrected chi connectivity index (χ3v) is 5.56. The molecule has 1 aromatic heterocycles. The van der Waals surface area contributed by atoms with E-state index in [1.54, 1.807) is 35.2 Å². The second kappa shape index (κ2) is 8.70. The van der Waals surface area contributed by atoms with Gasteiger partial charge in [-0.1, -0.05) is 35.9 Å². The van der Waals surface area contributed by atoms with Crippen LogP contribution in [0.2, 0.25) is 5.02 Å². The van der Waals surface area contributed by atoms with Crippen molar-refractivity contribution < 1.29 is 13.6 Å². The maximum atomic E-state index is 13.2. The van der Waals surface area contributed by atoms with Gasteiger partial charge in [0, 0.05) is 31.7 Å². The van der Waals surface area contributed by atoms with Gasteiger partial charge in [0.05, 0.1) is 11.1 Å². The molecule has 5 nitrogen and oxygen atoms in total. The first-order chi connectivity index (χ1) is 14.6. The number of nitriles is 1. The van der Waals surface area contributed by atoms with Crippen LogP contribution >= 0.6 is 11.6 Å². The van der Waals surface area contributed by atoms with Crippen molar-refractivity contribution in [2.45, 2.75) is 6.04 Å². The van der Waals surface area contributed by atoms with Gasteiger partial charge in [0.25, 0.3) is 5.91 Å². The molecule has 3 aromatic rings. The summed E-state index contributed by atoms with van der Waals surface area (Å²) in [7, 11) is 0. The van der Waals surface area contributed by atoms with Gasteiger partial charge < -0.3 is 9.32 Å². The van der Waals surface area contributed by atoms with Crippen LogP contribution in [0.4, 0.5) is 4.39 Å². The van der Waals surface area contributed by atoms with Crippen LogP contribution in [0.25, 0.3) is 11.3 Å². The summed E-state index contributed by atoms with van der Waals surface area (Å²) in [5.74, 6) is 0.279. The molecule has 0 radical (unpaired) electrons. The average molecular weight is 424 g/mol. The van der Waals surface area contributed by atoms with Crippen LogP contribution in [-0.2, 0) is 0 Å². The highest BCUT2D eigenvalue weighted by atomic mass is 35.5. The van der Waals surface area contributed by atoms with Gasteiger partial charge in [-0.25, -0.2) is 4.39 Å². The van der Waals surface area contributed by atoms with Crippen LogP contribution in [0.3, 0.4) is 0 Å². The van der Waals surface area contributed by atoms with Crippen LogP contribution in [0.15, 0.2) is 65.1 Å². The van der Waals surface area contributed by atoms with Crippen molar-refractivity contribution in [2.24, 2.45) is 0 Å². The molecule has 2 aromatic carbocycles. The molecule has 1 amide bonds. The highest BCUT2D eigenvalue weighted by Crippen LogP contribution is 2.30. The summed E-state index contributed by atoms with van der Waals surface area (Å²) in [5, 5.41) is 10.2. The molecular weight excluding hydrogens is 405 g/mol. The van der Waals surface area contributed by atoms with Crippen molar-refractivity contribution in [3.8, 4) is 17.4 Å². The van der Waals surface area contributed by atoms with E-state index in [1.807, 2.05) is 23.1 Å². The number of amides is 1. The van der Waals surface area contributed by atoms with E-state index in [0.717, 1.165) is 11.1 Å². The molecule has 0 spiro atoms. The summed E-state index contributed by atoms with van der Waals surface area (Å²) in [4.78, 5) is 16.6. The van der Waals surface area contributed by atoms with Gasteiger partial charge in [-0.15, -0.1) is 0 Å². The van der Waals surface area contributed by atoms with Crippen molar-refractivity contribution in [2.75, 3.05) is 26.2 Å². The Balaban J connectivity index is 1.42. The van der Waals surface area contributed by atoms with E-state index in [-0.39, 0.29) is 17.5 Å². The lowest BCUT2D eigenvalue weighted by atomic mass is 10.1. The number of halogens is 2. The number of rotatable bonds is 4. The van der Waals surface area contributed by atoms with Gasteiger partial charge in [-0.2, -0.15) is 5.26 Å². The Morgan fingerprint density at radius 3 is 2.40 bits per heavy atom. The van der Waals surface area contributed by atoms with E-state index in [0.29, 0.717) is 37.0 Å². The summed E-state index contributed by atoms with van der Waals surface area (Å²) in [6, 6.07) is 18.5. The number of carbonyl (C=O) groups is 1. The molecule has 4 rings (SSSR count). The van der Waals surface area contributed by atoms with Crippen molar-refractivity contribution in [3.05, 3.63) is 82.8 Å². The Morgan fingerprint density at radius 1 is 1.03 bits per heavy atom. The molecule has 1 aliphatic rings. The van der Waals surface area contributed by atoms with Crippen molar-refractivity contribution >= 4 is 17.5 Å². The quantitative estimate of drug-likeness (QED) is 0.607. The Kier molecular flexibility index (Phi) is 5.84. The first-order valence-electron chi connectivity index (χ1n) is 9.60. The second-order valence-corrected chi connectivity index (χ2v) is 7.46. The Morgan fingerprint density at radius 2 is 1.73 bits per heavy atom. The lowest BCUT2D eigenvalue weighted by Crippen LogP contribution is -2.49. The fraction of sp³-hybridized carbons (Fsp3) is 0.217. The first kappa shape index (κ1) is 20.1. The average Bonchev–Trinajstić information content (AvgIpc) is 3.26. The van der Waals surface area contributed by atoms with Gasteiger partial charge in [0.15, 0.2) is 5.76 Å². The normalized spacial score (nSPS) is 15.6. The molecule has 0 N–H and O–H groups in total. The molecule has 1 fully saturated rings. The highest BCUT2D eigenvalue weighted by Gasteiger charge is 2.28. The maximum absolute atomic E-state index is 13.2. The monoisotopic (exact) mass is 423 g/mol. The number of furan rings is 1. The Bertz CT molecular complexity index is 1080. The topological polar surface area (TPSA) is 60.5 Å². The minimum atomic E-state index is -0.474. The molecule has 0 bridgehead atoms. The zero-order valence-corrected chi connectivity index (χ0v) is 16.8. The number of hydrogen-bond donors (Lipinski definition) is 0. The minimum Gasteiger partial charge on any atom is -0.451 e. The lowest BCUT2D eigenvalue weighted by Gasteiger charge is -2.36. The van der Waals surface area contributed by atoms with Gasteiger partial charge >= 0.3 is 0 Å². The highest BCUT2D eigenvalue weighted by molar-refractivity contribution is 6.33. The summed E-state index contributed by atoms with van der Waals surface area (Å²) >= 11 is 6.21. The standard InChI is InChI=1S/C23H19ClFN3O2/c24-19-4-2-1-3-18(19)21-9-10-22(30-21)23(29)28-13-11-27(12-14-28)20(15-26)16-5-7-17(25)8-6-16/h1-10,20H,11-14H2. The predicted molar refractivity (Wildman–Crippen MR) is 111 cm³/mol. The van der Waals surface area contributed by atoms with Gasteiger partial charge in [0.1, 0.15) is 17.6 Å². The summed E-state index contributed by atoms with van der Waals surface area (Å²) in [6.45, 7) is 2.03.